The van der Waals surface area contributed by atoms with E-state index >= 15 is 0 Å². The molecule has 0 aliphatic rings. The highest BCUT2D eigenvalue weighted by molar-refractivity contribution is 5.38. The van der Waals surface area contributed by atoms with Crippen molar-refractivity contribution in [3.8, 4) is 0 Å². The Morgan fingerprint density at radius 1 is 1.44 bits per heavy atom. The molecule has 84 valence electrons. The van der Waals surface area contributed by atoms with Crippen molar-refractivity contribution in [3.63, 3.8) is 0 Å². The van der Waals surface area contributed by atoms with Gasteiger partial charge >= 0.3 is 0 Å². The molecule has 0 saturated carbocycles. The highest BCUT2D eigenvalue weighted by Gasteiger charge is 1.98. The van der Waals surface area contributed by atoms with Crippen LogP contribution >= 0.6 is 0 Å². The number of aryl methyl sites for hydroxylation is 1. The molecule has 6 heteroatoms. The van der Waals surface area contributed by atoms with E-state index in [9.17, 15) is 0 Å². The summed E-state index contributed by atoms with van der Waals surface area (Å²) in [4.78, 5) is 8.03. The molecule has 2 aromatic rings. The van der Waals surface area contributed by atoms with Gasteiger partial charge in [0.25, 0.3) is 0 Å². The summed E-state index contributed by atoms with van der Waals surface area (Å²) in [6.45, 7) is 0.759. The minimum Gasteiger partial charge on any atom is -0.382 e. The monoisotopic (exact) mass is 218 g/mol. The molecule has 6 nitrogen and oxygen atoms in total. The molecule has 16 heavy (non-hydrogen) atoms. The number of nitrogen functional groups attached to an aromatic ring is 1. The second kappa shape index (κ2) is 4.61. The van der Waals surface area contributed by atoms with Gasteiger partial charge in [-0.05, 0) is 6.07 Å². The first-order valence-electron chi connectivity index (χ1n) is 5.04. The van der Waals surface area contributed by atoms with Gasteiger partial charge in [0, 0.05) is 26.2 Å². The first-order chi connectivity index (χ1) is 7.74. The predicted octanol–water partition coefficient (Wildman–Crippen LogP) is 0.447. The summed E-state index contributed by atoms with van der Waals surface area (Å²) >= 11 is 0. The number of hydrogen-bond donors (Lipinski definition) is 2. The smallest absolute Gasteiger partial charge is 0.146 e. The SMILES string of the molecule is Cn1ccc(CCNc2cncc(N)n2)n1. The Bertz CT molecular complexity index is 464. The van der Waals surface area contributed by atoms with Crippen molar-refractivity contribution in [3.05, 3.63) is 30.4 Å². The van der Waals surface area contributed by atoms with E-state index in [4.69, 9.17) is 5.73 Å². The summed E-state index contributed by atoms with van der Waals surface area (Å²) < 4.78 is 1.79. The largest absolute Gasteiger partial charge is 0.382 e. The van der Waals surface area contributed by atoms with Gasteiger partial charge in [0.15, 0.2) is 0 Å². The maximum atomic E-state index is 5.52. The lowest BCUT2D eigenvalue weighted by molar-refractivity contribution is 0.742. The number of nitrogens with one attached hydrogen (secondary N) is 1. The van der Waals surface area contributed by atoms with E-state index in [1.54, 1.807) is 10.9 Å². The summed E-state index contributed by atoms with van der Waals surface area (Å²) in [5.74, 6) is 1.11. The zero-order valence-electron chi connectivity index (χ0n) is 9.09. The van der Waals surface area contributed by atoms with Gasteiger partial charge < -0.3 is 11.1 Å². The molecule has 0 aromatic carbocycles. The van der Waals surface area contributed by atoms with Gasteiger partial charge in [-0.1, -0.05) is 0 Å². The zero-order valence-corrected chi connectivity index (χ0v) is 9.09. The van der Waals surface area contributed by atoms with Crippen molar-refractivity contribution in [2.45, 2.75) is 6.42 Å². The maximum absolute atomic E-state index is 5.52. The Kier molecular flexibility index (Phi) is 3.00. The summed E-state index contributed by atoms with van der Waals surface area (Å²) in [5.41, 5.74) is 6.56. The Morgan fingerprint density at radius 3 is 3.00 bits per heavy atom. The fourth-order valence-corrected chi connectivity index (χ4v) is 1.38. The molecular weight excluding hydrogens is 204 g/mol. The molecule has 3 N–H and O–H groups in total. The van der Waals surface area contributed by atoms with E-state index < -0.39 is 0 Å². The van der Waals surface area contributed by atoms with Crippen LogP contribution in [0.2, 0.25) is 0 Å². The standard InChI is InChI=1S/C10H14N6/c1-16-5-3-8(15-16)2-4-13-10-7-12-6-9(11)14-10/h3,5-7H,2,4H2,1H3,(H3,11,13,14). The predicted molar refractivity (Wildman–Crippen MR) is 61.8 cm³/mol. The molecule has 0 aliphatic carbocycles. The Hall–Kier alpha value is -2.11. The number of rotatable bonds is 4. The molecule has 2 aromatic heterocycles. The van der Waals surface area contributed by atoms with Crippen LogP contribution in [0.25, 0.3) is 0 Å². The lowest BCUT2D eigenvalue weighted by Gasteiger charge is -2.03. The number of aromatic nitrogens is 4. The van der Waals surface area contributed by atoms with Crippen molar-refractivity contribution >= 4 is 11.6 Å². The van der Waals surface area contributed by atoms with Crippen LogP contribution in [0, 0.1) is 0 Å². The summed E-state index contributed by atoms with van der Waals surface area (Å²) in [7, 11) is 1.90. The average molecular weight is 218 g/mol. The Morgan fingerprint density at radius 2 is 2.31 bits per heavy atom. The fraction of sp³-hybridized carbons (Fsp3) is 0.300. The lowest BCUT2D eigenvalue weighted by Crippen LogP contribution is -2.08. The van der Waals surface area contributed by atoms with Gasteiger partial charge in [-0.25, -0.2) is 4.98 Å². The molecule has 0 amide bonds. The minimum absolute atomic E-state index is 0.419. The highest BCUT2D eigenvalue weighted by atomic mass is 15.2. The lowest BCUT2D eigenvalue weighted by atomic mass is 10.3. The van der Waals surface area contributed by atoms with E-state index in [2.05, 4.69) is 20.4 Å². The van der Waals surface area contributed by atoms with Gasteiger partial charge in [0.05, 0.1) is 18.1 Å². The van der Waals surface area contributed by atoms with E-state index in [0.29, 0.717) is 11.6 Å². The van der Waals surface area contributed by atoms with Gasteiger partial charge in [0.2, 0.25) is 0 Å². The molecule has 2 rings (SSSR count). The van der Waals surface area contributed by atoms with Crippen LogP contribution in [0.5, 0.6) is 0 Å². The topological polar surface area (TPSA) is 81.7 Å². The maximum Gasteiger partial charge on any atom is 0.146 e. The molecule has 0 atom stereocenters. The molecule has 0 fully saturated rings. The quantitative estimate of drug-likeness (QED) is 0.778. The van der Waals surface area contributed by atoms with Crippen LogP contribution in [0.4, 0.5) is 11.6 Å². The number of nitrogens with two attached hydrogens (primary N) is 1. The normalized spacial score (nSPS) is 10.3. The number of nitrogens with zero attached hydrogens (tertiary/aromatic N) is 4. The molecule has 0 radical (unpaired) electrons. The van der Waals surface area contributed by atoms with Crippen molar-refractivity contribution in [2.24, 2.45) is 7.05 Å². The molecule has 0 bridgehead atoms. The third-order valence-corrected chi connectivity index (χ3v) is 2.11. The molecular formula is C10H14N6. The van der Waals surface area contributed by atoms with Gasteiger partial charge in [0.1, 0.15) is 11.6 Å². The molecule has 0 aliphatic heterocycles. The summed E-state index contributed by atoms with van der Waals surface area (Å²) in [5, 5.41) is 7.42. The highest BCUT2D eigenvalue weighted by Crippen LogP contribution is 2.03. The van der Waals surface area contributed by atoms with Crippen molar-refractivity contribution < 1.29 is 0 Å². The van der Waals surface area contributed by atoms with Crippen LogP contribution in [0.1, 0.15) is 5.69 Å². The van der Waals surface area contributed by atoms with Crippen LogP contribution in [0.15, 0.2) is 24.7 Å². The van der Waals surface area contributed by atoms with Gasteiger partial charge in [-0.2, -0.15) is 5.10 Å². The van der Waals surface area contributed by atoms with E-state index in [0.717, 1.165) is 18.7 Å². The molecule has 0 unspecified atom stereocenters. The van der Waals surface area contributed by atoms with Crippen molar-refractivity contribution in [1.29, 1.82) is 0 Å². The third kappa shape index (κ3) is 2.69. The number of anilines is 2. The second-order valence-corrected chi connectivity index (χ2v) is 3.49. The first-order valence-corrected chi connectivity index (χ1v) is 5.04. The molecule has 0 spiro atoms. The second-order valence-electron chi connectivity index (χ2n) is 3.49. The zero-order chi connectivity index (χ0) is 11.4. The average Bonchev–Trinajstić information content (AvgIpc) is 2.64. The van der Waals surface area contributed by atoms with Gasteiger partial charge in [-0.3, -0.25) is 9.67 Å². The van der Waals surface area contributed by atoms with Crippen molar-refractivity contribution in [1.82, 2.24) is 19.7 Å². The van der Waals surface area contributed by atoms with Crippen LogP contribution in [-0.4, -0.2) is 26.3 Å². The fourth-order valence-electron chi connectivity index (χ4n) is 1.38. The third-order valence-electron chi connectivity index (χ3n) is 2.11. The van der Waals surface area contributed by atoms with Crippen molar-refractivity contribution in [2.75, 3.05) is 17.6 Å². The van der Waals surface area contributed by atoms with Gasteiger partial charge in [-0.15, -0.1) is 0 Å². The van der Waals surface area contributed by atoms with E-state index in [-0.39, 0.29) is 0 Å². The summed E-state index contributed by atoms with van der Waals surface area (Å²) in [6, 6.07) is 1.99. The van der Waals surface area contributed by atoms with Crippen LogP contribution < -0.4 is 11.1 Å². The summed E-state index contributed by atoms with van der Waals surface area (Å²) in [6.07, 6.45) is 5.94. The Balaban J connectivity index is 1.84. The minimum atomic E-state index is 0.419. The van der Waals surface area contributed by atoms with Crippen LogP contribution in [0.3, 0.4) is 0 Å². The Labute approximate surface area is 93.5 Å². The first kappa shape index (κ1) is 10.4. The molecule has 0 saturated heterocycles. The van der Waals surface area contributed by atoms with E-state index in [1.165, 1.54) is 6.20 Å². The van der Waals surface area contributed by atoms with E-state index in [1.807, 2.05) is 19.3 Å². The van der Waals surface area contributed by atoms with Crippen LogP contribution in [-0.2, 0) is 13.5 Å². The molecule has 2 heterocycles. The number of hydrogen-bond acceptors (Lipinski definition) is 5.